The van der Waals surface area contributed by atoms with Crippen molar-refractivity contribution in [3.8, 4) is 0 Å². The Morgan fingerprint density at radius 3 is 2.00 bits per heavy atom. The molecule has 2 aliphatic rings. The molecule has 22 heavy (non-hydrogen) atoms. The summed E-state index contributed by atoms with van der Waals surface area (Å²) in [6.45, 7) is 1.93. The molecule has 0 aromatic heterocycles. The van der Waals surface area contributed by atoms with Gasteiger partial charge in [-0.15, -0.1) is 0 Å². The minimum Gasteiger partial charge on any atom is -0.284 e. The zero-order chi connectivity index (χ0) is 15.5. The lowest BCUT2D eigenvalue weighted by Gasteiger charge is -2.19. The Kier molecular flexibility index (Phi) is 2.45. The standard InChI is InChI=1S/C19H17NO2/c1-18-15(13-9-5-3-6-10-13)19(18,14-11-7-4-8-12-14)17(22)20(2)16(18)21/h3-12,15H,1-2H3/t15-,18?,19+/m1/s1. The van der Waals surface area contributed by atoms with Crippen molar-refractivity contribution in [2.24, 2.45) is 5.41 Å². The number of benzene rings is 2. The SMILES string of the molecule is CN1C(=O)C2(C)[C@@H](c3ccccc3)[C@@]2(c2ccccc2)C1=O. The number of amides is 2. The zero-order valence-electron chi connectivity index (χ0n) is 12.6. The maximum atomic E-state index is 13.0. The highest BCUT2D eigenvalue weighted by Gasteiger charge is 2.87. The summed E-state index contributed by atoms with van der Waals surface area (Å²) in [6.07, 6.45) is 0. The number of likely N-dealkylation sites (tertiary alicyclic amines) is 1. The smallest absolute Gasteiger partial charge is 0.241 e. The summed E-state index contributed by atoms with van der Waals surface area (Å²) in [5.41, 5.74) is 0.570. The number of imide groups is 1. The molecule has 110 valence electrons. The normalized spacial score (nSPS) is 33.0. The second-order valence-corrected chi connectivity index (χ2v) is 6.39. The number of piperidine rings is 1. The molecular formula is C19H17NO2. The number of likely N-dealkylation sites (N-methyl/N-ethyl adjacent to an activating group) is 1. The topological polar surface area (TPSA) is 37.4 Å². The van der Waals surface area contributed by atoms with Crippen LogP contribution in [0, 0.1) is 5.41 Å². The van der Waals surface area contributed by atoms with Gasteiger partial charge in [0.2, 0.25) is 11.8 Å². The van der Waals surface area contributed by atoms with Crippen LogP contribution in [0.2, 0.25) is 0 Å². The van der Waals surface area contributed by atoms with E-state index < -0.39 is 10.8 Å². The number of hydrogen-bond donors (Lipinski definition) is 0. The molecule has 2 fully saturated rings. The van der Waals surface area contributed by atoms with Gasteiger partial charge in [0.25, 0.3) is 0 Å². The Morgan fingerprint density at radius 1 is 0.864 bits per heavy atom. The van der Waals surface area contributed by atoms with E-state index in [1.54, 1.807) is 7.05 Å². The van der Waals surface area contributed by atoms with Crippen LogP contribution in [-0.2, 0) is 15.0 Å². The first-order valence-corrected chi connectivity index (χ1v) is 7.49. The Hall–Kier alpha value is -2.42. The minimum absolute atomic E-state index is 0.0739. The molecule has 3 nitrogen and oxygen atoms in total. The summed E-state index contributed by atoms with van der Waals surface area (Å²) < 4.78 is 0. The average molecular weight is 291 g/mol. The molecule has 1 saturated heterocycles. The number of fused-ring (bicyclic) bond motifs is 1. The number of carbonyl (C=O) groups excluding carboxylic acids is 2. The lowest BCUT2D eigenvalue weighted by Crippen LogP contribution is -2.35. The zero-order valence-corrected chi connectivity index (χ0v) is 12.6. The predicted molar refractivity (Wildman–Crippen MR) is 83.2 cm³/mol. The van der Waals surface area contributed by atoms with Crippen LogP contribution in [0.5, 0.6) is 0 Å². The summed E-state index contributed by atoms with van der Waals surface area (Å²) in [5, 5.41) is 0. The van der Waals surface area contributed by atoms with Gasteiger partial charge in [0, 0.05) is 13.0 Å². The molecule has 1 saturated carbocycles. The highest BCUT2D eigenvalue weighted by atomic mass is 16.2. The van der Waals surface area contributed by atoms with E-state index in [2.05, 4.69) is 0 Å². The molecular weight excluding hydrogens is 274 g/mol. The van der Waals surface area contributed by atoms with Gasteiger partial charge >= 0.3 is 0 Å². The van der Waals surface area contributed by atoms with Crippen molar-refractivity contribution < 1.29 is 9.59 Å². The largest absolute Gasteiger partial charge is 0.284 e. The van der Waals surface area contributed by atoms with Crippen LogP contribution in [0.25, 0.3) is 0 Å². The maximum Gasteiger partial charge on any atom is 0.241 e. The molecule has 3 heteroatoms. The van der Waals surface area contributed by atoms with Gasteiger partial charge in [-0.25, -0.2) is 0 Å². The molecule has 1 unspecified atom stereocenters. The van der Waals surface area contributed by atoms with E-state index in [9.17, 15) is 9.59 Å². The van der Waals surface area contributed by atoms with Crippen molar-refractivity contribution in [1.82, 2.24) is 4.90 Å². The van der Waals surface area contributed by atoms with Crippen LogP contribution < -0.4 is 0 Å². The number of rotatable bonds is 2. The van der Waals surface area contributed by atoms with Crippen LogP contribution in [0.15, 0.2) is 60.7 Å². The van der Waals surface area contributed by atoms with Gasteiger partial charge < -0.3 is 0 Å². The summed E-state index contributed by atoms with van der Waals surface area (Å²) in [4.78, 5) is 27.0. The fourth-order valence-corrected chi connectivity index (χ4v) is 4.48. The molecule has 2 aromatic rings. The predicted octanol–water partition coefficient (Wildman–Crippen LogP) is 2.73. The molecule has 1 heterocycles. The number of carbonyl (C=O) groups is 2. The van der Waals surface area contributed by atoms with Crippen LogP contribution in [-0.4, -0.2) is 23.8 Å². The first-order valence-electron chi connectivity index (χ1n) is 7.49. The lowest BCUT2D eigenvalue weighted by atomic mass is 9.88. The second kappa shape index (κ2) is 4.07. The molecule has 0 spiro atoms. The molecule has 2 amide bonds. The van der Waals surface area contributed by atoms with E-state index in [1.165, 1.54) is 4.90 Å². The second-order valence-electron chi connectivity index (χ2n) is 6.39. The van der Waals surface area contributed by atoms with Gasteiger partial charge in [0.05, 0.1) is 10.8 Å². The van der Waals surface area contributed by atoms with Crippen LogP contribution in [0.3, 0.4) is 0 Å². The third-order valence-electron chi connectivity index (χ3n) is 5.50. The van der Waals surface area contributed by atoms with Crippen molar-refractivity contribution in [3.05, 3.63) is 71.8 Å². The fraction of sp³-hybridized carbons (Fsp3) is 0.263. The molecule has 0 bridgehead atoms. The summed E-state index contributed by atoms with van der Waals surface area (Å²) in [6, 6.07) is 19.6. The summed E-state index contributed by atoms with van der Waals surface area (Å²) >= 11 is 0. The first kappa shape index (κ1) is 13.3. The van der Waals surface area contributed by atoms with Crippen molar-refractivity contribution in [3.63, 3.8) is 0 Å². The van der Waals surface area contributed by atoms with Crippen LogP contribution >= 0.6 is 0 Å². The van der Waals surface area contributed by atoms with E-state index in [0.29, 0.717) is 0 Å². The van der Waals surface area contributed by atoms with Crippen molar-refractivity contribution in [2.75, 3.05) is 7.05 Å². The number of nitrogens with zero attached hydrogens (tertiary/aromatic N) is 1. The monoisotopic (exact) mass is 291 g/mol. The molecule has 0 N–H and O–H groups in total. The van der Waals surface area contributed by atoms with E-state index in [-0.39, 0.29) is 17.7 Å². The Balaban J connectivity index is 1.96. The van der Waals surface area contributed by atoms with E-state index in [1.807, 2.05) is 67.6 Å². The highest BCUT2D eigenvalue weighted by Crippen LogP contribution is 2.78. The van der Waals surface area contributed by atoms with E-state index >= 15 is 0 Å². The van der Waals surface area contributed by atoms with Crippen LogP contribution in [0.4, 0.5) is 0 Å². The first-order chi connectivity index (χ1) is 10.6. The molecule has 3 atom stereocenters. The van der Waals surface area contributed by atoms with Gasteiger partial charge in [0.15, 0.2) is 0 Å². The Morgan fingerprint density at radius 2 is 1.41 bits per heavy atom. The Bertz CT molecular complexity index is 771. The van der Waals surface area contributed by atoms with E-state index in [0.717, 1.165) is 11.1 Å². The minimum atomic E-state index is -0.749. The highest BCUT2D eigenvalue weighted by molar-refractivity contribution is 6.19. The van der Waals surface area contributed by atoms with Gasteiger partial charge in [-0.05, 0) is 18.1 Å². The van der Waals surface area contributed by atoms with Gasteiger partial charge in [-0.2, -0.15) is 0 Å². The van der Waals surface area contributed by atoms with Crippen molar-refractivity contribution in [1.29, 1.82) is 0 Å². The third kappa shape index (κ3) is 1.23. The lowest BCUT2D eigenvalue weighted by molar-refractivity contribution is -0.141. The molecule has 1 aliphatic carbocycles. The van der Waals surface area contributed by atoms with Gasteiger partial charge in [-0.3, -0.25) is 14.5 Å². The summed E-state index contributed by atoms with van der Waals surface area (Å²) in [5.74, 6) is -0.241. The van der Waals surface area contributed by atoms with Crippen molar-refractivity contribution in [2.45, 2.75) is 18.3 Å². The van der Waals surface area contributed by atoms with E-state index in [4.69, 9.17) is 0 Å². The molecule has 2 aromatic carbocycles. The quantitative estimate of drug-likeness (QED) is 0.798. The molecule has 0 radical (unpaired) electrons. The van der Waals surface area contributed by atoms with Gasteiger partial charge in [-0.1, -0.05) is 60.7 Å². The fourth-order valence-electron chi connectivity index (χ4n) is 4.48. The van der Waals surface area contributed by atoms with Crippen LogP contribution in [0.1, 0.15) is 24.0 Å². The number of hydrogen-bond acceptors (Lipinski definition) is 2. The van der Waals surface area contributed by atoms with Gasteiger partial charge in [0.1, 0.15) is 0 Å². The molecule has 1 aliphatic heterocycles. The third-order valence-corrected chi connectivity index (χ3v) is 5.50. The Labute approximate surface area is 129 Å². The van der Waals surface area contributed by atoms with Crippen molar-refractivity contribution >= 4 is 11.8 Å². The summed E-state index contributed by atoms with van der Waals surface area (Å²) in [7, 11) is 1.59. The maximum absolute atomic E-state index is 13.0. The average Bonchev–Trinajstić information content (AvgIpc) is 3.11. The molecule has 4 rings (SSSR count).